The van der Waals surface area contributed by atoms with Crippen LogP contribution in [0.4, 0.5) is 10.7 Å². The third-order valence-corrected chi connectivity index (χ3v) is 5.48. The first kappa shape index (κ1) is 23.0. The van der Waals surface area contributed by atoms with Gasteiger partial charge in [-0.2, -0.15) is 0 Å². The number of aryl methyl sites for hydroxylation is 1. The number of hydrogen-bond acceptors (Lipinski definition) is 6. The van der Waals surface area contributed by atoms with E-state index in [2.05, 4.69) is 10.6 Å². The Hall–Kier alpha value is -3.26. The second-order valence-electron chi connectivity index (χ2n) is 6.61. The molecule has 0 aliphatic rings. The number of carbonyl (C=O) groups excluding carboxylic acids is 4. The molecule has 0 unspecified atom stereocenters. The summed E-state index contributed by atoms with van der Waals surface area (Å²) in [6, 6.07) is 6.45. The van der Waals surface area contributed by atoms with Crippen LogP contribution in [0, 0.1) is 13.8 Å². The number of esters is 1. The fourth-order valence-corrected chi connectivity index (χ4v) is 3.64. The zero-order valence-electron chi connectivity index (χ0n) is 17.5. The van der Waals surface area contributed by atoms with E-state index in [0.717, 1.165) is 10.4 Å². The number of amides is 2. The molecule has 0 atom stereocenters. The zero-order chi connectivity index (χ0) is 22.4. The van der Waals surface area contributed by atoms with Gasteiger partial charge in [0.25, 0.3) is 5.91 Å². The van der Waals surface area contributed by atoms with E-state index in [1.807, 2.05) is 6.92 Å². The molecule has 0 aliphatic heterocycles. The highest BCUT2D eigenvalue weighted by Gasteiger charge is 2.22. The number of carbonyl (C=O) groups is 4. The van der Waals surface area contributed by atoms with Crippen molar-refractivity contribution in [3.05, 3.63) is 57.5 Å². The van der Waals surface area contributed by atoms with E-state index in [1.165, 1.54) is 31.3 Å². The van der Waals surface area contributed by atoms with Crippen LogP contribution in [-0.4, -0.2) is 30.2 Å². The van der Waals surface area contributed by atoms with Gasteiger partial charge in [0.2, 0.25) is 5.91 Å². The molecule has 2 rings (SSSR count). The minimum atomic E-state index is -0.497. The number of hydrogen-bond donors (Lipinski definition) is 2. The molecule has 1 aromatic carbocycles. The number of nitrogens with one attached hydrogen (secondary N) is 2. The van der Waals surface area contributed by atoms with E-state index < -0.39 is 17.8 Å². The average molecular weight is 429 g/mol. The zero-order valence-corrected chi connectivity index (χ0v) is 18.4. The third-order valence-electron chi connectivity index (χ3n) is 4.36. The summed E-state index contributed by atoms with van der Waals surface area (Å²) < 4.78 is 5.08. The molecule has 0 fully saturated rings. The van der Waals surface area contributed by atoms with Gasteiger partial charge in [0.05, 0.1) is 12.2 Å². The van der Waals surface area contributed by atoms with E-state index in [1.54, 1.807) is 38.1 Å². The molecular weight excluding hydrogens is 404 g/mol. The minimum Gasteiger partial charge on any atom is -0.462 e. The van der Waals surface area contributed by atoms with Gasteiger partial charge in [-0.25, -0.2) is 4.79 Å². The maximum atomic E-state index is 12.5. The molecule has 2 aromatic rings. The van der Waals surface area contributed by atoms with Crippen molar-refractivity contribution in [2.45, 2.75) is 34.6 Å². The van der Waals surface area contributed by atoms with Crippen molar-refractivity contribution in [3.8, 4) is 0 Å². The quantitative estimate of drug-likeness (QED) is 0.390. The Bertz CT molecular complexity index is 1020. The van der Waals surface area contributed by atoms with E-state index >= 15 is 0 Å². The molecule has 8 heteroatoms. The molecule has 30 heavy (non-hydrogen) atoms. The van der Waals surface area contributed by atoms with Gasteiger partial charge in [-0.1, -0.05) is 0 Å². The van der Waals surface area contributed by atoms with Crippen molar-refractivity contribution >= 4 is 45.6 Å². The van der Waals surface area contributed by atoms with Gasteiger partial charge >= 0.3 is 5.97 Å². The van der Waals surface area contributed by atoms with Crippen molar-refractivity contribution in [3.63, 3.8) is 0 Å². The van der Waals surface area contributed by atoms with Crippen molar-refractivity contribution in [2.75, 3.05) is 17.2 Å². The molecule has 158 valence electrons. The van der Waals surface area contributed by atoms with E-state index in [9.17, 15) is 19.2 Å². The average Bonchev–Trinajstić information content (AvgIpc) is 2.95. The molecule has 0 bridgehead atoms. The van der Waals surface area contributed by atoms with Crippen LogP contribution in [0.5, 0.6) is 0 Å². The smallest absolute Gasteiger partial charge is 0.341 e. The van der Waals surface area contributed by atoms with Gasteiger partial charge in [0.15, 0.2) is 5.78 Å². The minimum absolute atomic E-state index is 0.0680. The summed E-state index contributed by atoms with van der Waals surface area (Å²) in [5.74, 6) is -1.55. The first-order valence-corrected chi connectivity index (χ1v) is 10.1. The van der Waals surface area contributed by atoms with Crippen molar-refractivity contribution in [1.82, 2.24) is 0 Å². The normalized spacial score (nSPS) is 11.0. The van der Waals surface area contributed by atoms with E-state index in [4.69, 9.17) is 4.74 Å². The Labute approximate surface area is 179 Å². The van der Waals surface area contributed by atoms with E-state index in [-0.39, 0.29) is 18.0 Å². The summed E-state index contributed by atoms with van der Waals surface area (Å²) in [4.78, 5) is 49.2. The largest absolute Gasteiger partial charge is 0.462 e. The second-order valence-corrected chi connectivity index (χ2v) is 7.84. The number of thiophene rings is 1. The first-order chi connectivity index (χ1) is 14.1. The number of Topliss-reactive ketones (excluding diaryl/α,β-unsaturated/α-hetero) is 1. The second kappa shape index (κ2) is 9.98. The van der Waals surface area contributed by atoms with Crippen LogP contribution in [-0.2, 0) is 14.3 Å². The Balaban J connectivity index is 2.11. The van der Waals surface area contributed by atoms with Crippen molar-refractivity contribution in [2.24, 2.45) is 0 Å². The van der Waals surface area contributed by atoms with Crippen LogP contribution in [0.15, 0.2) is 35.9 Å². The topological polar surface area (TPSA) is 102 Å². The molecule has 0 spiro atoms. The highest BCUT2D eigenvalue weighted by Crippen LogP contribution is 2.33. The summed E-state index contributed by atoms with van der Waals surface area (Å²) in [6.07, 6.45) is 1.17. The molecule has 2 N–H and O–H groups in total. The van der Waals surface area contributed by atoms with Gasteiger partial charge in [-0.05, 0) is 64.4 Å². The van der Waals surface area contributed by atoms with Gasteiger partial charge in [-0.15, -0.1) is 11.3 Å². The van der Waals surface area contributed by atoms with Crippen LogP contribution in [0.25, 0.3) is 0 Å². The van der Waals surface area contributed by atoms with Crippen LogP contribution < -0.4 is 10.6 Å². The summed E-state index contributed by atoms with van der Waals surface area (Å²) in [5, 5.41) is 5.72. The maximum absolute atomic E-state index is 12.5. The predicted molar refractivity (Wildman–Crippen MR) is 117 cm³/mol. The molecule has 7 nitrogen and oxygen atoms in total. The Kier molecular flexibility index (Phi) is 7.66. The van der Waals surface area contributed by atoms with Crippen LogP contribution >= 0.6 is 11.3 Å². The fourth-order valence-electron chi connectivity index (χ4n) is 2.59. The van der Waals surface area contributed by atoms with Crippen LogP contribution in [0.2, 0.25) is 0 Å². The molecule has 0 aliphatic carbocycles. The highest BCUT2D eigenvalue weighted by atomic mass is 32.1. The SMILES string of the molecule is CCOC(=O)c1c(NC(=O)/C(C)=C\C(=O)Nc2ccc(C(C)=O)cc2)sc(C)c1C. The highest BCUT2D eigenvalue weighted by molar-refractivity contribution is 7.16. The summed E-state index contributed by atoms with van der Waals surface area (Å²) in [5.41, 5.74) is 2.30. The lowest BCUT2D eigenvalue weighted by molar-refractivity contribution is -0.114. The number of rotatable bonds is 7. The van der Waals surface area contributed by atoms with E-state index in [0.29, 0.717) is 21.8 Å². The van der Waals surface area contributed by atoms with Gasteiger partial charge < -0.3 is 15.4 Å². The lowest BCUT2D eigenvalue weighted by Gasteiger charge is -2.08. The molecule has 0 saturated carbocycles. The summed E-state index contributed by atoms with van der Waals surface area (Å²) in [7, 11) is 0. The number of benzene rings is 1. The van der Waals surface area contributed by atoms with Crippen molar-refractivity contribution < 1.29 is 23.9 Å². The Morgan fingerprint density at radius 2 is 1.67 bits per heavy atom. The molecule has 0 saturated heterocycles. The third kappa shape index (κ3) is 5.64. The predicted octanol–water partition coefficient (Wildman–Crippen LogP) is 4.27. The van der Waals surface area contributed by atoms with Gasteiger partial charge in [0.1, 0.15) is 5.00 Å². The molecular formula is C22H24N2O5S. The van der Waals surface area contributed by atoms with Crippen LogP contribution in [0.1, 0.15) is 51.9 Å². The molecule has 1 aromatic heterocycles. The number of ketones is 1. The molecule has 1 heterocycles. The summed E-state index contributed by atoms with van der Waals surface area (Å²) in [6.45, 7) is 8.55. The summed E-state index contributed by atoms with van der Waals surface area (Å²) >= 11 is 1.28. The van der Waals surface area contributed by atoms with Crippen LogP contribution in [0.3, 0.4) is 0 Å². The molecule has 2 amide bonds. The maximum Gasteiger partial charge on any atom is 0.341 e. The van der Waals surface area contributed by atoms with Gasteiger partial charge in [-0.3, -0.25) is 14.4 Å². The standard InChI is InChI=1S/C22H24N2O5S/c1-6-29-22(28)19-13(3)15(5)30-21(19)24-20(27)12(2)11-18(26)23-17-9-7-16(8-10-17)14(4)25/h7-11H,6H2,1-5H3,(H,23,26)(H,24,27)/b12-11-. The fraction of sp³-hybridized carbons (Fsp3) is 0.273. The van der Waals surface area contributed by atoms with Crippen molar-refractivity contribution in [1.29, 1.82) is 0 Å². The Morgan fingerprint density at radius 1 is 1.03 bits per heavy atom. The first-order valence-electron chi connectivity index (χ1n) is 9.32. The lowest BCUT2D eigenvalue weighted by Crippen LogP contribution is -2.17. The lowest BCUT2D eigenvalue weighted by atomic mass is 10.1. The van der Waals surface area contributed by atoms with Gasteiger partial charge in [0, 0.05) is 27.8 Å². The monoisotopic (exact) mass is 428 g/mol. The number of anilines is 2. The number of ether oxygens (including phenoxy) is 1. The molecule has 0 radical (unpaired) electrons. The Morgan fingerprint density at radius 3 is 2.23 bits per heavy atom.